The van der Waals surface area contributed by atoms with E-state index in [1.54, 1.807) is 0 Å². The van der Waals surface area contributed by atoms with Gasteiger partial charge in [0.25, 0.3) is 0 Å². The summed E-state index contributed by atoms with van der Waals surface area (Å²) in [5.74, 6) is 3.51. The monoisotopic (exact) mass is 170 g/mol. The van der Waals surface area contributed by atoms with Crippen LogP contribution in [0.5, 0.6) is 5.75 Å². The van der Waals surface area contributed by atoms with Crippen molar-refractivity contribution in [2.45, 2.75) is 12.5 Å². The Morgan fingerprint density at radius 3 is 3.08 bits per heavy atom. The highest BCUT2D eigenvalue weighted by Gasteiger charge is 2.11. The largest absolute Gasteiger partial charge is 0.485 e. The Hall–Kier alpha value is -1.68. The maximum absolute atomic E-state index is 5.64. The van der Waals surface area contributed by atoms with E-state index in [4.69, 9.17) is 11.2 Å². The van der Waals surface area contributed by atoms with E-state index >= 15 is 0 Å². The van der Waals surface area contributed by atoms with Gasteiger partial charge in [0.15, 0.2) is 0 Å². The molecule has 0 bridgehead atoms. The average molecular weight is 170 g/mol. The summed E-state index contributed by atoms with van der Waals surface area (Å²) < 4.78 is 5.64. The molecule has 1 atom stereocenters. The highest BCUT2D eigenvalue weighted by Crippen LogP contribution is 2.25. The molecule has 0 saturated carbocycles. The summed E-state index contributed by atoms with van der Waals surface area (Å²) in [4.78, 5) is 0. The molecule has 1 heterocycles. The van der Waals surface area contributed by atoms with Crippen LogP contribution >= 0.6 is 0 Å². The highest BCUT2D eigenvalue weighted by atomic mass is 16.5. The third kappa shape index (κ3) is 1.57. The average Bonchev–Trinajstić information content (AvgIpc) is 2.18. The van der Waals surface area contributed by atoms with Crippen molar-refractivity contribution >= 4 is 6.08 Å². The van der Waals surface area contributed by atoms with Crippen molar-refractivity contribution in [1.82, 2.24) is 0 Å². The zero-order valence-corrected chi connectivity index (χ0v) is 7.23. The molecule has 0 aromatic heterocycles. The molecule has 0 aliphatic carbocycles. The molecular weight excluding hydrogens is 160 g/mol. The van der Waals surface area contributed by atoms with Crippen LogP contribution in [-0.2, 0) is 0 Å². The van der Waals surface area contributed by atoms with Crippen LogP contribution in [0.1, 0.15) is 12.0 Å². The van der Waals surface area contributed by atoms with Crippen LogP contribution < -0.4 is 4.74 Å². The molecule has 0 radical (unpaired) electrons. The first-order valence-electron chi connectivity index (χ1n) is 4.27. The van der Waals surface area contributed by atoms with Gasteiger partial charge in [0.1, 0.15) is 11.9 Å². The lowest BCUT2D eigenvalue weighted by Gasteiger charge is -2.19. The number of fused-ring (bicyclic) bond motifs is 1. The van der Waals surface area contributed by atoms with Gasteiger partial charge in [0, 0.05) is 12.0 Å². The van der Waals surface area contributed by atoms with E-state index in [1.165, 1.54) is 0 Å². The fourth-order valence-corrected chi connectivity index (χ4v) is 1.36. The summed E-state index contributed by atoms with van der Waals surface area (Å²) in [6.07, 6.45) is 9.95. The Kier molecular flexibility index (Phi) is 2.06. The van der Waals surface area contributed by atoms with Gasteiger partial charge in [-0.3, -0.25) is 0 Å². The molecule has 1 aromatic rings. The van der Waals surface area contributed by atoms with Crippen LogP contribution in [0, 0.1) is 12.3 Å². The van der Waals surface area contributed by atoms with Gasteiger partial charge in [-0.25, -0.2) is 0 Å². The number of para-hydroxylation sites is 1. The lowest BCUT2D eigenvalue weighted by molar-refractivity contribution is 0.252. The third-order valence-corrected chi connectivity index (χ3v) is 2.01. The smallest absolute Gasteiger partial charge is 0.128 e. The second-order valence-corrected chi connectivity index (χ2v) is 2.96. The van der Waals surface area contributed by atoms with E-state index in [9.17, 15) is 0 Å². The van der Waals surface area contributed by atoms with Crippen molar-refractivity contribution in [3.05, 3.63) is 35.9 Å². The molecule has 1 aliphatic heterocycles. The standard InChI is InChI=1S/C12H10O/c1-2-5-11-9-8-10-6-3-4-7-12(10)13-11/h1,3-4,6-9,11H,5H2. The van der Waals surface area contributed by atoms with Crippen molar-refractivity contribution < 1.29 is 4.74 Å². The van der Waals surface area contributed by atoms with Crippen LogP contribution in [0.25, 0.3) is 6.08 Å². The van der Waals surface area contributed by atoms with Crippen molar-refractivity contribution in [3.63, 3.8) is 0 Å². The van der Waals surface area contributed by atoms with Gasteiger partial charge in [-0.2, -0.15) is 0 Å². The quantitative estimate of drug-likeness (QED) is 0.588. The first-order valence-corrected chi connectivity index (χ1v) is 4.27. The number of benzene rings is 1. The first kappa shape index (κ1) is 7.94. The van der Waals surface area contributed by atoms with Gasteiger partial charge in [0.2, 0.25) is 0 Å². The SMILES string of the molecule is C#CCC1C=Cc2ccccc2O1. The Morgan fingerprint density at radius 2 is 2.23 bits per heavy atom. The molecule has 1 unspecified atom stereocenters. The van der Waals surface area contributed by atoms with Gasteiger partial charge in [-0.15, -0.1) is 12.3 Å². The Morgan fingerprint density at radius 1 is 1.38 bits per heavy atom. The molecule has 1 heteroatoms. The molecule has 1 nitrogen and oxygen atoms in total. The molecule has 0 N–H and O–H groups in total. The lowest BCUT2D eigenvalue weighted by atomic mass is 10.1. The van der Waals surface area contributed by atoms with Crippen molar-refractivity contribution in [2.75, 3.05) is 0 Å². The fourth-order valence-electron chi connectivity index (χ4n) is 1.36. The van der Waals surface area contributed by atoms with Crippen LogP contribution in [0.4, 0.5) is 0 Å². The molecule has 1 aromatic carbocycles. The molecule has 1 aliphatic rings. The fraction of sp³-hybridized carbons (Fsp3) is 0.167. The number of rotatable bonds is 1. The van der Waals surface area contributed by atoms with E-state index in [2.05, 4.69) is 12.0 Å². The number of hydrogen-bond donors (Lipinski definition) is 0. The van der Waals surface area contributed by atoms with E-state index in [0.717, 1.165) is 11.3 Å². The Bertz CT molecular complexity index is 371. The van der Waals surface area contributed by atoms with Crippen molar-refractivity contribution in [3.8, 4) is 18.1 Å². The van der Waals surface area contributed by atoms with E-state index in [-0.39, 0.29) is 6.10 Å². The second-order valence-electron chi connectivity index (χ2n) is 2.96. The maximum Gasteiger partial charge on any atom is 0.128 e. The predicted octanol–water partition coefficient (Wildman–Crippen LogP) is 2.48. The van der Waals surface area contributed by atoms with Crippen LogP contribution in [0.3, 0.4) is 0 Å². The summed E-state index contributed by atoms with van der Waals surface area (Å²) in [5, 5.41) is 0. The number of terminal acetylenes is 1. The number of hydrogen-bond acceptors (Lipinski definition) is 1. The normalized spacial score (nSPS) is 18.5. The minimum Gasteiger partial charge on any atom is -0.485 e. The van der Waals surface area contributed by atoms with Crippen molar-refractivity contribution in [1.29, 1.82) is 0 Å². The minimum atomic E-state index is 0.0416. The summed E-state index contributed by atoms with van der Waals surface area (Å²) in [6, 6.07) is 7.94. The molecule has 0 amide bonds. The van der Waals surface area contributed by atoms with Gasteiger partial charge in [-0.1, -0.05) is 24.3 Å². The molecule has 13 heavy (non-hydrogen) atoms. The van der Waals surface area contributed by atoms with Crippen molar-refractivity contribution in [2.24, 2.45) is 0 Å². The van der Waals surface area contributed by atoms with Gasteiger partial charge in [-0.05, 0) is 12.1 Å². The van der Waals surface area contributed by atoms with Gasteiger partial charge >= 0.3 is 0 Å². The summed E-state index contributed by atoms with van der Waals surface area (Å²) in [6.45, 7) is 0. The number of ether oxygens (including phenoxy) is 1. The zero-order chi connectivity index (χ0) is 9.10. The molecule has 0 fully saturated rings. The Labute approximate surface area is 78.0 Å². The Balaban J connectivity index is 2.25. The lowest BCUT2D eigenvalue weighted by Crippen LogP contribution is -2.15. The minimum absolute atomic E-state index is 0.0416. The summed E-state index contributed by atoms with van der Waals surface area (Å²) in [7, 11) is 0. The van der Waals surface area contributed by atoms with Gasteiger partial charge < -0.3 is 4.74 Å². The van der Waals surface area contributed by atoms with E-state index in [1.807, 2.05) is 30.3 Å². The van der Waals surface area contributed by atoms with Gasteiger partial charge in [0.05, 0.1) is 0 Å². The van der Waals surface area contributed by atoms with E-state index < -0.39 is 0 Å². The summed E-state index contributed by atoms with van der Waals surface area (Å²) in [5.41, 5.74) is 1.12. The second kappa shape index (κ2) is 3.37. The van der Waals surface area contributed by atoms with Crippen LogP contribution in [-0.4, -0.2) is 6.10 Å². The third-order valence-electron chi connectivity index (χ3n) is 2.01. The zero-order valence-electron chi connectivity index (χ0n) is 7.23. The molecule has 0 spiro atoms. The summed E-state index contributed by atoms with van der Waals surface area (Å²) >= 11 is 0. The van der Waals surface area contributed by atoms with E-state index in [0.29, 0.717) is 6.42 Å². The van der Waals surface area contributed by atoms with Crippen LogP contribution in [0.15, 0.2) is 30.3 Å². The van der Waals surface area contributed by atoms with Crippen LogP contribution in [0.2, 0.25) is 0 Å². The predicted molar refractivity (Wildman–Crippen MR) is 53.3 cm³/mol. The molecular formula is C12H10O. The maximum atomic E-state index is 5.64. The molecule has 0 saturated heterocycles. The highest BCUT2D eigenvalue weighted by molar-refractivity contribution is 5.59. The molecule has 2 rings (SSSR count). The topological polar surface area (TPSA) is 9.23 Å². The first-order chi connectivity index (χ1) is 6.40. The molecule has 64 valence electrons.